The quantitative estimate of drug-likeness (QED) is 0.749. The SMILES string of the molecule is CCc1cc2c(s1)CCOC21CCN(CC2CN(C(=O)c3ccc(=O)oc3)C2)CC1. The van der Waals surface area contributed by atoms with Crippen LogP contribution < -0.4 is 5.63 Å². The van der Waals surface area contributed by atoms with Crippen LogP contribution in [0.1, 0.15) is 45.4 Å². The van der Waals surface area contributed by atoms with E-state index >= 15 is 0 Å². The Hall–Kier alpha value is -1.96. The summed E-state index contributed by atoms with van der Waals surface area (Å²) >= 11 is 1.97. The molecule has 0 unspecified atom stereocenters. The van der Waals surface area contributed by atoms with Crippen molar-refractivity contribution in [2.45, 2.75) is 38.2 Å². The van der Waals surface area contributed by atoms with Crippen LogP contribution in [0.4, 0.5) is 0 Å². The Morgan fingerprint density at radius 3 is 2.77 bits per heavy atom. The molecule has 160 valence electrons. The Labute approximate surface area is 180 Å². The molecule has 0 atom stereocenters. The molecule has 6 nitrogen and oxygen atoms in total. The molecule has 2 fully saturated rings. The topological polar surface area (TPSA) is 63.0 Å². The van der Waals surface area contributed by atoms with Crippen molar-refractivity contribution >= 4 is 17.2 Å². The van der Waals surface area contributed by atoms with E-state index in [-0.39, 0.29) is 11.5 Å². The summed E-state index contributed by atoms with van der Waals surface area (Å²) in [7, 11) is 0. The standard InChI is InChI=1S/C23H28N2O4S/c1-2-18-11-19-20(30-18)5-10-29-23(19)6-8-24(9-7-23)12-16-13-25(14-16)22(27)17-3-4-21(26)28-15-17/h3-4,11,15-16H,2,5-10,12-14H2,1H3. The highest BCUT2D eigenvalue weighted by Crippen LogP contribution is 2.44. The highest BCUT2D eigenvalue weighted by Gasteiger charge is 2.42. The van der Waals surface area contributed by atoms with Crippen molar-refractivity contribution in [3.63, 3.8) is 0 Å². The van der Waals surface area contributed by atoms with Crippen LogP contribution in [0.15, 0.2) is 33.7 Å². The maximum absolute atomic E-state index is 12.5. The van der Waals surface area contributed by atoms with Gasteiger partial charge in [0.25, 0.3) is 5.91 Å². The van der Waals surface area contributed by atoms with Crippen molar-refractivity contribution < 1.29 is 13.9 Å². The summed E-state index contributed by atoms with van der Waals surface area (Å²) in [6, 6.07) is 5.23. The molecule has 0 radical (unpaired) electrons. The molecule has 0 bridgehead atoms. The monoisotopic (exact) mass is 428 g/mol. The average Bonchev–Trinajstić information content (AvgIpc) is 3.17. The molecule has 0 aliphatic carbocycles. The van der Waals surface area contributed by atoms with Gasteiger partial charge in [-0.2, -0.15) is 0 Å². The first-order valence-electron chi connectivity index (χ1n) is 10.9. The van der Waals surface area contributed by atoms with Crippen molar-refractivity contribution in [2.24, 2.45) is 5.92 Å². The number of aryl methyl sites for hydroxylation is 1. The number of fused-ring (bicyclic) bond motifs is 2. The van der Waals surface area contributed by atoms with Crippen LogP contribution in [0.2, 0.25) is 0 Å². The largest absolute Gasteiger partial charge is 0.430 e. The van der Waals surface area contributed by atoms with Crippen molar-refractivity contribution in [3.8, 4) is 0 Å². The second-order valence-electron chi connectivity index (χ2n) is 8.72. The summed E-state index contributed by atoms with van der Waals surface area (Å²) in [5.41, 5.74) is 1.40. The summed E-state index contributed by atoms with van der Waals surface area (Å²) in [4.78, 5) is 30.9. The van der Waals surface area contributed by atoms with Gasteiger partial charge in [-0.05, 0) is 37.0 Å². The number of thiophene rings is 1. The lowest BCUT2D eigenvalue weighted by Gasteiger charge is -2.47. The molecule has 2 aromatic rings. The van der Waals surface area contributed by atoms with Gasteiger partial charge in [-0.1, -0.05) is 6.92 Å². The summed E-state index contributed by atoms with van der Waals surface area (Å²) in [6.07, 6.45) is 5.53. The lowest BCUT2D eigenvalue weighted by Crippen LogP contribution is -2.55. The normalized spacial score (nSPS) is 21.4. The maximum atomic E-state index is 12.5. The second-order valence-corrected chi connectivity index (χ2v) is 9.94. The molecule has 0 N–H and O–H groups in total. The Balaban J connectivity index is 1.14. The third kappa shape index (κ3) is 3.63. The van der Waals surface area contributed by atoms with Gasteiger partial charge in [0.2, 0.25) is 0 Å². The van der Waals surface area contributed by atoms with Gasteiger partial charge in [0.15, 0.2) is 0 Å². The van der Waals surface area contributed by atoms with E-state index in [2.05, 4.69) is 17.9 Å². The van der Waals surface area contributed by atoms with Crippen LogP contribution in [0, 0.1) is 5.92 Å². The van der Waals surface area contributed by atoms with Crippen molar-refractivity contribution in [2.75, 3.05) is 39.3 Å². The van der Waals surface area contributed by atoms with Crippen LogP contribution in [0.25, 0.3) is 0 Å². The summed E-state index contributed by atoms with van der Waals surface area (Å²) in [6.45, 7) is 7.73. The van der Waals surface area contributed by atoms with Crippen LogP contribution in [-0.2, 0) is 23.2 Å². The first kappa shape index (κ1) is 20.0. The Morgan fingerprint density at radius 2 is 2.07 bits per heavy atom. The number of rotatable bonds is 4. The van der Waals surface area contributed by atoms with Gasteiger partial charge in [0.1, 0.15) is 6.26 Å². The van der Waals surface area contributed by atoms with E-state index < -0.39 is 5.63 Å². The van der Waals surface area contributed by atoms with Crippen LogP contribution in [-0.4, -0.2) is 55.0 Å². The molecule has 0 aromatic carbocycles. The molecule has 3 aliphatic heterocycles. The maximum Gasteiger partial charge on any atom is 0.335 e. The number of hydrogen-bond acceptors (Lipinski definition) is 6. The minimum atomic E-state index is -0.432. The first-order valence-corrected chi connectivity index (χ1v) is 11.7. The van der Waals surface area contributed by atoms with Gasteiger partial charge < -0.3 is 19.0 Å². The number of carbonyl (C=O) groups is 1. The Kier molecular flexibility index (Phi) is 5.29. The highest BCUT2D eigenvalue weighted by atomic mass is 32.1. The summed E-state index contributed by atoms with van der Waals surface area (Å²) in [5.74, 6) is 0.453. The first-order chi connectivity index (χ1) is 14.6. The van der Waals surface area contributed by atoms with Gasteiger partial charge in [0, 0.05) is 60.9 Å². The van der Waals surface area contributed by atoms with Gasteiger partial charge >= 0.3 is 5.63 Å². The van der Waals surface area contributed by atoms with E-state index in [1.165, 1.54) is 27.6 Å². The number of amides is 1. The van der Waals surface area contributed by atoms with E-state index in [4.69, 9.17) is 9.15 Å². The second kappa shape index (κ2) is 7.94. The minimum Gasteiger partial charge on any atom is -0.430 e. The number of carbonyl (C=O) groups excluding carboxylic acids is 1. The molecule has 5 rings (SSSR count). The van der Waals surface area contributed by atoms with E-state index in [1.54, 1.807) is 6.07 Å². The number of piperidine rings is 1. The molecule has 30 heavy (non-hydrogen) atoms. The van der Waals surface area contributed by atoms with Gasteiger partial charge in [-0.25, -0.2) is 4.79 Å². The van der Waals surface area contributed by atoms with Crippen LogP contribution in [0.5, 0.6) is 0 Å². The predicted molar refractivity (Wildman–Crippen MR) is 115 cm³/mol. The summed E-state index contributed by atoms with van der Waals surface area (Å²) < 4.78 is 11.2. The molecule has 3 aliphatic rings. The van der Waals surface area contributed by atoms with Gasteiger partial charge in [-0.15, -0.1) is 11.3 Å². The zero-order valence-electron chi connectivity index (χ0n) is 17.4. The molecule has 5 heterocycles. The molecule has 1 amide bonds. The third-order valence-electron chi connectivity index (χ3n) is 6.78. The lowest BCUT2D eigenvalue weighted by atomic mass is 9.82. The molecular weight excluding hydrogens is 400 g/mol. The summed E-state index contributed by atoms with van der Waals surface area (Å²) in [5, 5.41) is 0. The van der Waals surface area contributed by atoms with Gasteiger partial charge in [0.05, 0.1) is 17.8 Å². The molecule has 7 heteroatoms. The molecule has 2 saturated heterocycles. The average molecular weight is 429 g/mol. The van der Waals surface area contributed by atoms with Gasteiger partial charge in [-0.3, -0.25) is 4.79 Å². The molecule has 1 spiro atoms. The Morgan fingerprint density at radius 1 is 1.27 bits per heavy atom. The third-order valence-corrected chi connectivity index (χ3v) is 8.12. The fourth-order valence-electron chi connectivity index (χ4n) is 5.04. The molecular formula is C23H28N2O4S. The highest BCUT2D eigenvalue weighted by molar-refractivity contribution is 7.12. The minimum absolute atomic E-state index is 0.0556. The number of nitrogens with zero attached hydrogens (tertiary/aromatic N) is 2. The molecule has 2 aromatic heterocycles. The number of hydrogen-bond donors (Lipinski definition) is 0. The zero-order valence-corrected chi connectivity index (χ0v) is 18.2. The van der Waals surface area contributed by atoms with Crippen LogP contribution in [0.3, 0.4) is 0 Å². The van der Waals surface area contributed by atoms with E-state index in [0.29, 0.717) is 11.5 Å². The molecule has 0 saturated carbocycles. The van der Waals surface area contributed by atoms with Crippen LogP contribution >= 0.6 is 11.3 Å². The Bertz CT molecular complexity index is 963. The fourth-order valence-corrected chi connectivity index (χ4v) is 6.21. The predicted octanol–water partition coefficient (Wildman–Crippen LogP) is 2.90. The van der Waals surface area contributed by atoms with E-state index in [0.717, 1.165) is 65.0 Å². The van der Waals surface area contributed by atoms with E-state index in [1.807, 2.05) is 16.2 Å². The zero-order chi connectivity index (χ0) is 20.7. The smallest absolute Gasteiger partial charge is 0.335 e. The lowest BCUT2D eigenvalue weighted by molar-refractivity contribution is -0.1000. The fraction of sp³-hybridized carbons (Fsp3) is 0.565. The van der Waals surface area contributed by atoms with Crippen molar-refractivity contribution in [3.05, 3.63) is 55.8 Å². The van der Waals surface area contributed by atoms with Crippen molar-refractivity contribution in [1.82, 2.24) is 9.80 Å². The van der Waals surface area contributed by atoms with E-state index in [9.17, 15) is 9.59 Å². The van der Waals surface area contributed by atoms with Crippen molar-refractivity contribution in [1.29, 1.82) is 0 Å². The number of likely N-dealkylation sites (tertiary alicyclic amines) is 2. The number of ether oxygens (including phenoxy) is 1.